The number of aliphatic carboxylic acids is 1. The van der Waals surface area contributed by atoms with Gasteiger partial charge in [0.2, 0.25) is 0 Å². The zero-order valence-electron chi connectivity index (χ0n) is 16.2. The van der Waals surface area contributed by atoms with Gasteiger partial charge in [0.25, 0.3) is 0 Å². The van der Waals surface area contributed by atoms with Gasteiger partial charge in [-0.3, -0.25) is 4.79 Å². The molecule has 0 aliphatic carbocycles. The molecule has 0 fully saturated rings. The van der Waals surface area contributed by atoms with Gasteiger partial charge in [-0.05, 0) is 32.1 Å². The van der Waals surface area contributed by atoms with Crippen molar-refractivity contribution in [1.29, 1.82) is 0 Å². The Balaban J connectivity index is 0. The second-order valence-corrected chi connectivity index (χ2v) is 7.14. The molecule has 144 valence electrons. The van der Waals surface area contributed by atoms with Crippen LogP contribution in [0.15, 0.2) is 12.2 Å². The summed E-state index contributed by atoms with van der Waals surface area (Å²) in [6.45, 7) is 2.27. The first-order valence-electron chi connectivity index (χ1n) is 10.6. The number of carboxylic acid groups (broad SMARTS) is 1. The van der Waals surface area contributed by atoms with Crippen LogP contribution in [-0.2, 0) is 4.79 Å². The van der Waals surface area contributed by atoms with Gasteiger partial charge in [0.1, 0.15) is 0 Å². The third kappa shape index (κ3) is 27.2. The van der Waals surface area contributed by atoms with Crippen molar-refractivity contribution in [3.63, 3.8) is 0 Å². The van der Waals surface area contributed by atoms with Crippen molar-refractivity contribution in [2.45, 2.75) is 122 Å². The van der Waals surface area contributed by atoms with E-state index in [1.54, 1.807) is 0 Å². The Bertz CT molecular complexity index is 290. The average molecular weight is 379 g/mol. The fourth-order valence-corrected chi connectivity index (χ4v) is 3.05. The summed E-state index contributed by atoms with van der Waals surface area (Å²) >= 11 is 0. The number of rotatable bonds is 19. The molecule has 1 N–H and O–H groups in total. The van der Waals surface area contributed by atoms with Crippen LogP contribution in [0, 0.1) is 0 Å². The van der Waals surface area contributed by atoms with Crippen molar-refractivity contribution in [2.24, 2.45) is 0 Å². The van der Waals surface area contributed by atoms with E-state index in [2.05, 4.69) is 19.1 Å². The third-order valence-electron chi connectivity index (χ3n) is 4.65. The van der Waals surface area contributed by atoms with Gasteiger partial charge < -0.3 is 5.11 Å². The Labute approximate surface area is 200 Å². The third-order valence-corrected chi connectivity index (χ3v) is 4.65. The first kappa shape index (κ1) is 28.1. The number of hydrogen-bond acceptors (Lipinski definition) is 1. The summed E-state index contributed by atoms with van der Waals surface area (Å²) in [4.78, 5) is 10.4. The van der Waals surface area contributed by atoms with Crippen molar-refractivity contribution in [2.75, 3.05) is 0 Å². The van der Waals surface area contributed by atoms with Crippen molar-refractivity contribution in [1.82, 2.24) is 0 Å². The molecule has 0 saturated carbocycles. The predicted octanol–water partition coefficient (Wildman–Crippen LogP) is 7.02. The van der Waals surface area contributed by atoms with Gasteiger partial charge in [0.15, 0.2) is 0 Å². The zero-order chi connectivity index (χ0) is 17.7. The van der Waals surface area contributed by atoms with E-state index >= 15 is 0 Å². The van der Waals surface area contributed by atoms with Gasteiger partial charge >= 0.3 is 57.4 Å². The van der Waals surface area contributed by atoms with Crippen LogP contribution in [0.4, 0.5) is 0 Å². The van der Waals surface area contributed by atoms with E-state index in [9.17, 15) is 4.79 Å². The molecule has 0 aromatic carbocycles. The molecule has 0 bridgehead atoms. The molecule has 0 aliphatic heterocycles. The van der Waals surface area contributed by atoms with E-state index in [0.717, 1.165) is 12.8 Å². The monoisotopic (exact) mass is 378 g/mol. The average Bonchev–Trinajstić information content (AvgIpc) is 2.56. The predicted molar refractivity (Wildman–Crippen MR) is 113 cm³/mol. The summed E-state index contributed by atoms with van der Waals surface area (Å²) < 4.78 is 0. The molecule has 0 heterocycles. The number of carboxylic acids is 1. The summed E-state index contributed by atoms with van der Waals surface area (Å²) in [5, 5.41) is 8.55. The number of unbranched alkanes of at least 4 members (excludes halogenated alkanes) is 15. The van der Waals surface area contributed by atoms with Crippen molar-refractivity contribution < 1.29 is 9.90 Å². The number of carbonyl (C=O) groups is 1. The molecule has 25 heavy (non-hydrogen) atoms. The molecule has 0 atom stereocenters. The first-order chi connectivity index (χ1) is 11.8. The maximum absolute atomic E-state index is 10.4. The molecule has 0 aromatic heterocycles. The minimum absolute atomic E-state index is 0. The van der Waals surface area contributed by atoms with Gasteiger partial charge in [-0.2, -0.15) is 0 Å². The molecule has 0 spiro atoms. The van der Waals surface area contributed by atoms with Crippen LogP contribution >= 0.6 is 0 Å². The van der Waals surface area contributed by atoms with E-state index < -0.39 is 5.97 Å². The molecule has 0 rings (SSSR count). The van der Waals surface area contributed by atoms with Crippen LogP contribution in [0.3, 0.4) is 0 Å². The molecule has 2 nitrogen and oxygen atoms in total. The van der Waals surface area contributed by atoms with E-state index in [-0.39, 0.29) is 51.4 Å². The molecule has 0 radical (unpaired) electrons. The molecule has 0 aromatic rings. The number of allylic oxidation sites excluding steroid dienone is 2. The SMILES string of the molecule is CCCCCCCC/C=C\CCCCCCCCCCCC(=O)O.[KH]. The first-order valence-corrected chi connectivity index (χ1v) is 10.6. The fourth-order valence-electron chi connectivity index (χ4n) is 3.05. The summed E-state index contributed by atoms with van der Waals surface area (Å²) in [6, 6.07) is 0. The van der Waals surface area contributed by atoms with E-state index in [4.69, 9.17) is 5.11 Å². The topological polar surface area (TPSA) is 37.3 Å². The van der Waals surface area contributed by atoms with Crippen LogP contribution < -0.4 is 0 Å². The molecule has 0 saturated heterocycles. The van der Waals surface area contributed by atoms with Crippen molar-refractivity contribution in [3.05, 3.63) is 12.2 Å². The normalized spacial score (nSPS) is 10.9. The fraction of sp³-hybridized carbons (Fsp3) is 0.864. The van der Waals surface area contributed by atoms with E-state index in [1.165, 1.54) is 96.3 Å². The van der Waals surface area contributed by atoms with Crippen LogP contribution in [-0.4, -0.2) is 62.5 Å². The van der Waals surface area contributed by atoms with Gasteiger partial charge in [0, 0.05) is 6.42 Å². The van der Waals surface area contributed by atoms with Crippen molar-refractivity contribution >= 4 is 57.4 Å². The standard InChI is InChI=1S/C22H42O2.K.H/c1-2-3-4-5-6-7-8-9-10-11-12-13-14-15-16-17-18-19-20-21-22(23)24;;/h9-10H,2-8,11-21H2,1H3,(H,23,24);;/b10-9-;;. The summed E-state index contributed by atoms with van der Waals surface area (Å²) in [7, 11) is 0. The molecular weight excluding hydrogens is 335 g/mol. The Hall–Kier alpha value is 0.846. The van der Waals surface area contributed by atoms with Crippen molar-refractivity contribution in [3.8, 4) is 0 Å². The molecular formula is C22H43KO2. The summed E-state index contributed by atoms with van der Waals surface area (Å²) in [5.41, 5.74) is 0. The molecule has 0 aliphatic rings. The van der Waals surface area contributed by atoms with Gasteiger partial charge in [-0.1, -0.05) is 96.1 Å². The Morgan fingerprint density at radius 3 is 1.40 bits per heavy atom. The quantitative estimate of drug-likeness (QED) is 0.149. The zero-order valence-corrected chi connectivity index (χ0v) is 16.2. The summed E-state index contributed by atoms with van der Waals surface area (Å²) in [5.74, 6) is -0.656. The summed E-state index contributed by atoms with van der Waals surface area (Å²) in [6.07, 6.45) is 27.1. The number of hydrogen-bond donors (Lipinski definition) is 1. The Morgan fingerprint density at radius 2 is 1.00 bits per heavy atom. The second kappa shape index (κ2) is 24.8. The molecule has 0 unspecified atom stereocenters. The van der Waals surface area contributed by atoms with Crippen LogP contribution in [0.1, 0.15) is 122 Å². The minimum atomic E-state index is -0.656. The Morgan fingerprint density at radius 1 is 0.640 bits per heavy atom. The maximum atomic E-state index is 10.4. The van der Waals surface area contributed by atoms with Gasteiger partial charge in [0.05, 0.1) is 0 Å². The Kier molecular flexibility index (Phi) is 27.9. The van der Waals surface area contributed by atoms with Gasteiger partial charge in [-0.25, -0.2) is 0 Å². The van der Waals surface area contributed by atoms with E-state index in [0.29, 0.717) is 6.42 Å². The second-order valence-electron chi connectivity index (χ2n) is 7.14. The van der Waals surface area contributed by atoms with Crippen LogP contribution in [0.2, 0.25) is 0 Å². The van der Waals surface area contributed by atoms with Crippen LogP contribution in [0.5, 0.6) is 0 Å². The van der Waals surface area contributed by atoms with Gasteiger partial charge in [-0.15, -0.1) is 0 Å². The van der Waals surface area contributed by atoms with Crippen LogP contribution in [0.25, 0.3) is 0 Å². The van der Waals surface area contributed by atoms with E-state index in [1.807, 2.05) is 0 Å². The molecule has 0 amide bonds. The molecule has 3 heteroatoms.